The number of nitrogens with two attached hydrogens (primary N) is 1. The van der Waals surface area contributed by atoms with Gasteiger partial charge in [-0.3, -0.25) is 0 Å². The van der Waals surface area contributed by atoms with Crippen LogP contribution in [0.3, 0.4) is 0 Å². The van der Waals surface area contributed by atoms with Gasteiger partial charge in [0, 0.05) is 12.7 Å². The van der Waals surface area contributed by atoms with Gasteiger partial charge in [0.05, 0.1) is 17.9 Å². The van der Waals surface area contributed by atoms with Gasteiger partial charge in [-0.15, -0.1) is 0 Å². The van der Waals surface area contributed by atoms with E-state index in [4.69, 9.17) is 10.5 Å². The lowest BCUT2D eigenvalue weighted by molar-refractivity contribution is 0.0527. The van der Waals surface area contributed by atoms with Crippen molar-refractivity contribution < 1.29 is 9.53 Å². The molecule has 0 saturated carbocycles. The third-order valence-corrected chi connectivity index (χ3v) is 2.81. The number of nitrogen functional groups attached to an aromatic ring is 1. The minimum absolute atomic E-state index is 0.334. The highest BCUT2D eigenvalue weighted by atomic mass is 16.5. The Morgan fingerprint density at radius 3 is 2.84 bits per heavy atom. The Labute approximate surface area is 114 Å². The van der Waals surface area contributed by atoms with Gasteiger partial charge >= 0.3 is 5.97 Å². The smallest absolute Gasteiger partial charge is 0.340 e. The second-order valence-corrected chi connectivity index (χ2v) is 4.33. The van der Waals surface area contributed by atoms with E-state index in [0.29, 0.717) is 23.7 Å². The van der Waals surface area contributed by atoms with Crippen LogP contribution >= 0.6 is 0 Å². The van der Waals surface area contributed by atoms with Crippen LogP contribution < -0.4 is 11.1 Å². The molecule has 1 heterocycles. The second kappa shape index (κ2) is 8.34. The molecule has 106 valence electrons. The van der Waals surface area contributed by atoms with Crippen molar-refractivity contribution in [3.8, 4) is 0 Å². The second-order valence-electron chi connectivity index (χ2n) is 4.33. The number of anilines is 2. The topological polar surface area (TPSA) is 77.2 Å². The van der Waals surface area contributed by atoms with E-state index in [0.717, 1.165) is 13.0 Å². The summed E-state index contributed by atoms with van der Waals surface area (Å²) in [6.45, 7) is 5.09. The first kappa shape index (κ1) is 15.3. The molecule has 0 unspecified atom stereocenters. The van der Waals surface area contributed by atoms with Crippen molar-refractivity contribution >= 4 is 17.5 Å². The number of rotatable bonds is 8. The van der Waals surface area contributed by atoms with E-state index >= 15 is 0 Å². The highest BCUT2D eigenvalue weighted by Gasteiger charge is 2.13. The lowest BCUT2D eigenvalue weighted by Crippen LogP contribution is -2.12. The van der Waals surface area contributed by atoms with E-state index in [1.165, 1.54) is 19.3 Å². The van der Waals surface area contributed by atoms with Crippen molar-refractivity contribution in [2.45, 2.75) is 39.5 Å². The average molecular weight is 265 g/mol. The van der Waals surface area contributed by atoms with Crippen LogP contribution in [0, 0.1) is 0 Å². The van der Waals surface area contributed by atoms with Crippen LogP contribution in [0.5, 0.6) is 0 Å². The van der Waals surface area contributed by atoms with Crippen molar-refractivity contribution in [3.63, 3.8) is 0 Å². The van der Waals surface area contributed by atoms with E-state index in [2.05, 4.69) is 17.2 Å². The Morgan fingerprint density at radius 1 is 1.37 bits per heavy atom. The number of esters is 1. The van der Waals surface area contributed by atoms with Gasteiger partial charge in [-0.05, 0) is 19.4 Å². The molecule has 0 bridgehead atoms. The fraction of sp³-hybridized carbons (Fsp3) is 0.571. The molecule has 5 nitrogen and oxygen atoms in total. The Bertz CT molecular complexity index is 408. The lowest BCUT2D eigenvalue weighted by Gasteiger charge is -2.11. The SMILES string of the molecule is CCCCCCNc1nccc(C(=O)OCC)c1N. The number of carbonyl (C=O) groups excluding carboxylic acids is 1. The van der Waals surface area contributed by atoms with Gasteiger partial charge in [-0.1, -0.05) is 26.2 Å². The van der Waals surface area contributed by atoms with Gasteiger partial charge in [0.2, 0.25) is 0 Å². The third-order valence-electron chi connectivity index (χ3n) is 2.81. The number of unbranched alkanes of at least 4 members (excludes halogenated alkanes) is 3. The molecular formula is C14H23N3O2. The monoisotopic (exact) mass is 265 g/mol. The molecule has 0 aromatic carbocycles. The first-order valence-electron chi connectivity index (χ1n) is 6.86. The standard InChI is InChI=1S/C14H23N3O2/c1-3-5-6-7-9-16-13-12(15)11(8-10-17-13)14(18)19-4-2/h8,10H,3-7,9,15H2,1-2H3,(H,16,17). The van der Waals surface area contributed by atoms with Gasteiger partial charge in [-0.2, -0.15) is 0 Å². The summed E-state index contributed by atoms with van der Waals surface area (Å²) in [5.41, 5.74) is 6.66. The van der Waals surface area contributed by atoms with E-state index in [-0.39, 0.29) is 0 Å². The number of hydrogen-bond donors (Lipinski definition) is 2. The molecule has 0 radical (unpaired) electrons. The van der Waals surface area contributed by atoms with Crippen LogP contribution in [0.1, 0.15) is 49.9 Å². The summed E-state index contributed by atoms with van der Waals surface area (Å²) in [5.74, 6) is 0.151. The average Bonchev–Trinajstić information content (AvgIpc) is 2.40. The number of hydrogen-bond acceptors (Lipinski definition) is 5. The summed E-state index contributed by atoms with van der Waals surface area (Å²) in [4.78, 5) is 15.8. The van der Waals surface area contributed by atoms with Crippen molar-refractivity contribution in [2.24, 2.45) is 0 Å². The minimum atomic E-state index is -0.406. The van der Waals surface area contributed by atoms with Crippen LogP contribution in [-0.2, 0) is 4.74 Å². The molecule has 0 atom stereocenters. The van der Waals surface area contributed by atoms with E-state index in [1.54, 1.807) is 19.2 Å². The number of pyridine rings is 1. The van der Waals surface area contributed by atoms with Crippen LogP contribution in [0.15, 0.2) is 12.3 Å². The first-order valence-corrected chi connectivity index (χ1v) is 6.86. The first-order chi connectivity index (χ1) is 9.20. The zero-order chi connectivity index (χ0) is 14.1. The van der Waals surface area contributed by atoms with Crippen LogP contribution in [0.2, 0.25) is 0 Å². The Morgan fingerprint density at radius 2 is 2.16 bits per heavy atom. The van der Waals surface area contributed by atoms with Crippen LogP contribution in [0.4, 0.5) is 11.5 Å². The molecule has 0 aliphatic rings. The fourth-order valence-electron chi connectivity index (χ4n) is 1.76. The number of aromatic nitrogens is 1. The predicted octanol–water partition coefficient (Wildman–Crippen LogP) is 2.83. The molecule has 0 aliphatic heterocycles. The molecule has 5 heteroatoms. The number of nitrogens with zero attached hydrogens (tertiary/aromatic N) is 1. The maximum absolute atomic E-state index is 11.7. The van der Waals surface area contributed by atoms with E-state index in [9.17, 15) is 4.79 Å². The zero-order valence-corrected chi connectivity index (χ0v) is 11.7. The summed E-state index contributed by atoms with van der Waals surface area (Å²) in [7, 11) is 0. The highest BCUT2D eigenvalue weighted by molar-refractivity contribution is 5.97. The zero-order valence-electron chi connectivity index (χ0n) is 11.7. The molecule has 3 N–H and O–H groups in total. The van der Waals surface area contributed by atoms with Crippen LogP contribution in [-0.4, -0.2) is 24.1 Å². The summed E-state index contributed by atoms with van der Waals surface area (Å²) in [6, 6.07) is 1.58. The maximum atomic E-state index is 11.7. The van der Waals surface area contributed by atoms with E-state index < -0.39 is 5.97 Å². The van der Waals surface area contributed by atoms with Crippen molar-refractivity contribution in [1.82, 2.24) is 4.98 Å². The highest BCUT2D eigenvalue weighted by Crippen LogP contribution is 2.20. The largest absolute Gasteiger partial charge is 0.462 e. The quantitative estimate of drug-likeness (QED) is 0.558. The molecule has 0 fully saturated rings. The minimum Gasteiger partial charge on any atom is -0.462 e. The van der Waals surface area contributed by atoms with E-state index in [1.807, 2.05) is 0 Å². The Hall–Kier alpha value is -1.78. The summed E-state index contributed by atoms with van der Waals surface area (Å²) in [5, 5.41) is 3.17. The van der Waals surface area contributed by atoms with Crippen LogP contribution in [0.25, 0.3) is 0 Å². The number of ether oxygens (including phenoxy) is 1. The van der Waals surface area contributed by atoms with Gasteiger partial charge < -0.3 is 15.8 Å². The molecule has 0 aliphatic carbocycles. The summed E-state index contributed by atoms with van der Waals surface area (Å²) < 4.78 is 4.95. The fourth-order valence-corrected chi connectivity index (χ4v) is 1.76. The maximum Gasteiger partial charge on any atom is 0.340 e. The van der Waals surface area contributed by atoms with Crippen molar-refractivity contribution in [1.29, 1.82) is 0 Å². The van der Waals surface area contributed by atoms with Crippen molar-refractivity contribution in [3.05, 3.63) is 17.8 Å². The molecule has 19 heavy (non-hydrogen) atoms. The third kappa shape index (κ3) is 4.77. The van der Waals surface area contributed by atoms with Gasteiger partial charge in [0.15, 0.2) is 0 Å². The van der Waals surface area contributed by atoms with Gasteiger partial charge in [-0.25, -0.2) is 9.78 Å². The summed E-state index contributed by atoms with van der Waals surface area (Å²) >= 11 is 0. The van der Waals surface area contributed by atoms with Crippen molar-refractivity contribution in [2.75, 3.05) is 24.2 Å². The Kier molecular flexibility index (Phi) is 6.71. The molecule has 1 aromatic heterocycles. The molecule has 1 aromatic rings. The Balaban J connectivity index is 2.59. The molecular weight excluding hydrogens is 242 g/mol. The normalized spacial score (nSPS) is 10.2. The molecule has 1 rings (SSSR count). The number of nitrogens with one attached hydrogen (secondary N) is 1. The lowest BCUT2D eigenvalue weighted by atomic mass is 10.2. The molecule has 0 spiro atoms. The summed E-state index contributed by atoms with van der Waals surface area (Å²) in [6.07, 6.45) is 6.25. The molecule has 0 amide bonds. The van der Waals surface area contributed by atoms with Gasteiger partial charge in [0.25, 0.3) is 0 Å². The predicted molar refractivity (Wildman–Crippen MR) is 77.2 cm³/mol. The molecule has 0 saturated heterocycles. The van der Waals surface area contributed by atoms with Gasteiger partial charge in [0.1, 0.15) is 5.82 Å². The number of carbonyl (C=O) groups is 1.